The molecule has 2 aliphatic heterocycles. The van der Waals surface area contributed by atoms with Gasteiger partial charge < -0.3 is 43.6 Å². The number of fused-ring (bicyclic) bond motifs is 3. The number of benzene rings is 4. The molecular weight excluding hydrogens is 854 g/mol. The van der Waals surface area contributed by atoms with Crippen molar-refractivity contribution in [2.24, 2.45) is 22.9 Å². The third-order valence-corrected chi connectivity index (χ3v) is 13.1. The lowest BCUT2D eigenvalue weighted by atomic mass is 9.55. The maximum absolute atomic E-state index is 15.5. The Morgan fingerprint density at radius 1 is 0.970 bits per heavy atom. The Morgan fingerprint density at radius 3 is 2.45 bits per heavy atom. The molecule has 1 amide bonds. The van der Waals surface area contributed by atoms with E-state index < -0.39 is 23.3 Å². The molecule has 0 spiro atoms. The van der Waals surface area contributed by atoms with Crippen LogP contribution in [0.15, 0.2) is 114 Å². The lowest BCUT2D eigenvalue weighted by Gasteiger charge is -2.60. The van der Waals surface area contributed by atoms with E-state index in [4.69, 9.17) is 33.7 Å². The number of nitrogens with zero attached hydrogens (tertiary/aromatic N) is 3. The van der Waals surface area contributed by atoms with E-state index in [9.17, 15) is 19.9 Å². The summed E-state index contributed by atoms with van der Waals surface area (Å²) in [6.45, 7) is 10.3. The summed E-state index contributed by atoms with van der Waals surface area (Å²) in [4.78, 5) is 23.6. The molecule has 4 aromatic rings. The quantitative estimate of drug-likeness (QED) is 0.0528. The maximum Gasteiger partial charge on any atom is 0.254 e. The number of carbonyl (C=O) groups excluding carboxylic acids is 1. The van der Waals surface area contributed by atoms with Gasteiger partial charge in [0.15, 0.2) is 11.5 Å². The molecule has 0 unspecified atom stereocenters. The van der Waals surface area contributed by atoms with Gasteiger partial charge in [0.2, 0.25) is 12.6 Å². The molecule has 12 nitrogen and oxygen atoms in total. The zero-order valence-electron chi connectivity index (χ0n) is 38.5. The SMILES string of the molecule is C=CCO[C@@]12Oc3ccc(OCc4ccccc4F)cc3[C@H]3[C@H](CCCCO)[C@@H](CCCCO)C=C(C(=NOC(C)(C)C)C[C@@H]1N(Cc1ccc4c(c1)OCO4)C(=O)c1ccc(C#N)cc1)[C@H]32. The number of aliphatic hydroxyl groups excluding tert-OH is 2. The van der Waals surface area contributed by atoms with Crippen LogP contribution < -0.4 is 18.9 Å². The highest BCUT2D eigenvalue weighted by Crippen LogP contribution is 2.62. The van der Waals surface area contributed by atoms with E-state index in [1.165, 1.54) is 6.07 Å². The summed E-state index contributed by atoms with van der Waals surface area (Å²) < 4.78 is 47.3. The lowest BCUT2D eigenvalue weighted by molar-refractivity contribution is -0.255. The van der Waals surface area contributed by atoms with Gasteiger partial charge in [0, 0.05) is 48.8 Å². The van der Waals surface area contributed by atoms with Crippen LogP contribution in [0.2, 0.25) is 0 Å². The first-order chi connectivity index (χ1) is 32.5. The number of hydrogen-bond donors (Lipinski definition) is 2. The predicted molar refractivity (Wildman–Crippen MR) is 250 cm³/mol. The van der Waals surface area contributed by atoms with Gasteiger partial charge in [-0.3, -0.25) is 4.79 Å². The molecule has 8 rings (SSSR count). The van der Waals surface area contributed by atoms with Crippen LogP contribution in [0, 0.1) is 34.9 Å². The van der Waals surface area contributed by atoms with Crippen LogP contribution in [-0.4, -0.2) is 70.8 Å². The minimum absolute atomic E-state index is 0.00828. The number of halogens is 1. The van der Waals surface area contributed by atoms with E-state index in [0.717, 1.165) is 42.4 Å². The third kappa shape index (κ3) is 10.2. The average molecular weight is 914 g/mol. The molecule has 2 N–H and O–H groups in total. The molecular formula is C54H60FN3O9. The van der Waals surface area contributed by atoms with Crippen LogP contribution in [0.4, 0.5) is 4.39 Å². The Kier molecular flexibility index (Phi) is 14.7. The monoisotopic (exact) mass is 913 g/mol. The van der Waals surface area contributed by atoms with Crippen LogP contribution >= 0.6 is 0 Å². The summed E-state index contributed by atoms with van der Waals surface area (Å²) in [5.74, 6) is -0.885. The molecule has 1 fully saturated rings. The van der Waals surface area contributed by atoms with Gasteiger partial charge in [-0.25, -0.2) is 4.39 Å². The van der Waals surface area contributed by atoms with Gasteiger partial charge in [0.25, 0.3) is 5.91 Å². The highest BCUT2D eigenvalue weighted by molar-refractivity contribution is 6.03. The third-order valence-electron chi connectivity index (χ3n) is 13.1. The van der Waals surface area contributed by atoms with Crippen molar-refractivity contribution in [3.63, 3.8) is 0 Å². The molecule has 0 radical (unpaired) electrons. The van der Waals surface area contributed by atoms with Crippen molar-refractivity contribution in [2.45, 2.75) is 102 Å². The second-order valence-electron chi connectivity index (χ2n) is 18.7. The summed E-state index contributed by atoms with van der Waals surface area (Å²) >= 11 is 0. The number of carbonyl (C=O) groups is 1. The van der Waals surface area contributed by atoms with E-state index >= 15 is 4.79 Å². The largest absolute Gasteiger partial charge is 0.489 e. The van der Waals surface area contributed by atoms with Crippen LogP contribution in [0.5, 0.6) is 23.0 Å². The fourth-order valence-corrected chi connectivity index (χ4v) is 10.1. The summed E-state index contributed by atoms with van der Waals surface area (Å²) in [7, 11) is 0. The van der Waals surface area contributed by atoms with E-state index in [2.05, 4.69) is 18.7 Å². The van der Waals surface area contributed by atoms with Gasteiger partial charge in [0.1, 0.15) is 35.6 Å². The van der Waals surface area contributed by atoms with Crippen LogP contribution in [0.1, 0.15) is 104 Å². The van der Waals surface area contributed by atoms with Crippen molar-refractivity contribution in [1.82, 2.24) is 4.90 Å². The minimum atomic E-state index is -1.54. The molecule has 2 heterocycles. The van der Waals surface area contributed by atoms with Crippen molar-refractivity contribution in [3.05, 3.63) is 143 Å². The smallest absolute Gasteiger partial charge is 0.254 e. The normalized spacial score (nSPS) is 23.0. The lowest BCUT2D eigenvalue weighted by Crippen LogP contribution is -2.70. The van der Waals surface area contributed by atoms with Gasteiger partial charge in [-0.2, -0.15) is 5.26 Å². The molecule has 4 aliphatic rings. The highest BCUT2D eigenvalue weighted by Gasteiger charge is 2.65. The standard InChI is InChI=1S/C54H60FN3O9/c1-5-26-65-54-49(58(52(61)37-19-16-35(31-56)17-20-37)32-36-18-22-47-48(27-36)64-34-63-47)30-45(57-67-53(2,3)4)42-28-38(12-8-10-24-59)41(14-9-11-25-60)50(51(42)54)43-29-40(21-23-46(43)66-54)62-33-39-13-6-7-15-44(39)55/h5-7,13,15-23,27-29,38,41,49-51,59-60H,1,8-12,14,24-26,30,32-34H2,2-4H3/t38-,41+,49-,50+,51+,54+/m0/s1. The van der Waals surface area contributed by atoms with Crippen molar-refractivity contribution >= 4 is 11.6 Å². The van der Waals surface area contributed by atoms with E-state index in [-0.39, 0.29) is 75.7 Å². The van der Waals surface area contributed by atoms with Crippen molar-refractivity contribution < 1.29 is 47.9 Å². The summed E-state index contributed by atoms with van der Waals surface area (Å²) in [6.07, 6.45) is 8.45. The fraction of sp³-hybridized carbons (Fsp3) is 0.426. The van der Waals surface area contributed by atoms with E-state index in [1.807, 2.05) is 57.2 Å². The first-order valence-corrected chi connectivity index (χ1v) is 23.3. The molecule has 1 saturated carbocycles. The summed E-state index contributed by atoms with van der Waals surface area (Å²) in [5.41, 5.74) is 3.72. The van der Waals surface area contributed by atoms with E-state index in [1.54, 1.807) is 53.4 Å². The van der Waals surface area contributed by atoms with Gasteiger partial charge in [-0.1, -0.05) is 54.4 Å². The predicted octanol–water partition coefficient (Wildman–Crippen LogP) is 9.78. The molecule has 0 saturated heterocycles. The second-order valence-corrected chi connectivity index (χ2v) is 18.7. The number of hydrogen-bond acceptors (Lipinski definition) is 11. The minimum Gasteiger partial charge on any atom is -0.489 e. The molecule has 0 aromatic heterocycles. The van der Waals surface area contributed by atoms with Crippen molar-refractivity contribution in [2.75, 3.05) is 26.6 Å². The Labute approximate surface area is 392 Å². The number of oxime groups is 1. The zero-order chi connectivity index (χ0) is 47.1. The Hall–Kier alpha value is -6.20. The first kappa shape index (κ1) is 47.3. The molecule has 352 valence electrons. The van der Waals surface area contributed by atoms with E-state index in [0.29, 0.717) is 58.2 Å². The maximum atomic E-state index is 15.5. The Morgan fingerprint density at radius 2 is 1.72 bits per heavy atom. The number of unbranched alkanes of at least 4 members (excludes halogenated alkanes) is 2. The van der Waals surface area contributed by atoms with Gasteiger partial charge in [-0.05, 0) is 130 Å². The number of rotatable bonds is 19. The van der Waals surface area contributed by atoms with Gasteiger partial charge >= 0.3 is 0 Å². The second kappa shape index (κ2) is 20.8. The van der Waals surface area contributed by atoms with Crippen molar-refractivity contribution in [1.29, 1.82) is 5.26 Å². The number of amides is 1. The fourth-order valence-electron chi connectivity index (χ4n) is 10.1. The molecule has 67 heavy (non-hydrogen) atoms. The van der Waals surface area contributed by atoms with Crippen molar-refractivity contribution in [3.8, 4) is 29.1 Å². The van der Waals surface area contributed by atoms with Crippen LogP contribution in [-0.2, 0) is 22.7 Å². The summed E-state index contributed by atoms with van der Waals surface area (Å²) in [6, 6.07) is 25.7. The number of ether oxygens (including phenoxy) is 5. The first-order valence-electron chi connectivity index (χ1n) is 23.3. The number of allylic oxidation sites excluding steroid dienone is 1. The summed E-state index contributed by atoms with van der Waals surface area (Å²) in [5, 5.41) is 34.7. The Balaban J connectivity index is 1.35. The molecule has 2 aliphatic carbocycles. The van der Waals surface area contributed by atoms with Crippen LogP contribution in [0.3, 0.4) is 0 Å². The topological polar surface area (TPSA) is 152 Å². The average Bonchev–Trinajstić information content (AvgIpc) is 3.80. The highest BCUT2D eigenvalue weighted by atomic mass is 19.1. The number of nitriles is 1. The van der Waals surface area contributed by atoms with Crippen LogP contribution in [0.25, 0.3) is 0 Å². The Bertz CT molecular complexity index is 2510. The molecule has 13 heteroatoms. The number of aliphatic hydroxyl groups is 2. The van der Waals surface area contributed by atoms with Gasteiger partial charge in [-0.15, -0.1) is 6.58 Å². The van der Waals surface area contributed by atoms with Gasteiger partial charge in [0.05, 0.1) is 29.9 Å². The zero-order valence-corrected chi connectivity index (χ0v) is 38.5. The molecule has 6 atom stereocenters. The molecule has 0 bridgehead atoms. The molecule has 4 aromatic carbocycles.